The highest BCUT2D eigenvalue weighted by molar-refractivity contribution is 6.23. The van der Waals surface area contributed by atoms with E-state index in [0.717, 1.165) is 44.2 Å². The molecule has 3 aliphatic rings. The van der Waals surface area contributed by atoms with Crippen molar-refractivity contribution < 1.29 is 0 Å². The minimum absolute atomic E-state index is 1.00. The fraction of sp³-hybridized carbons (Fsp3) is 0.0938. The summed E-state index contributed by atoms with van der Waals surface area (Å²) in [6.45, 7) is 0. The van der Waals surface area contributed by atoms with Gasteiger partial charge in [0.15, 0.2) is 0 Å². The molecule has 0 saturated heterocycles. The number of hydrogen-bond acceptors (Lipinski definition) is 2. The molecular formula is C64H48N2. The Morgan fingerprint density at radius 3 is 1.55 bits per heavy atom. The average molecular weight is 845 g/mol. The predicted molar refractivity (Wildman–Crippen MR) is 280 cm³/mol. The van der Waals surface area contributed by atoms with Crippen LogP contribution in [-0.2, 0) is 19.3 Å². The van der Waals surface area contributed by atoms with Crippen LogP contribution in [0.4, 0.5) is 28.4 Å². The van der Waals surface area contributed by atoms with Gasteiger partial charge in [-0.1, -0.05) is 158 Å². The second kappa shape index (κ2) is 15.9. The molecule has 10 aromatic carbocycles. The zero-order chi connectivity index (χ0) is 43.6. The molecule has 314 valence electrons. The van der Waals surface area contributed by atoms with Crippen LogP contribution in [-0.4, -0.2) is 0 Å². The van der Waals surface area contributed by atoms with Gasteiger partial charge in [-0.2, -0.15) is 0 Å². The van der Waals surface area contributed by atoms with Crippen LogP contribution in [0.3, 0.4) is 0 Å². The molecule has 2 heteroatoms. The Balaban J connectivity index is 1.12. The van der Waals surface area contributed by atoms with Gasteiger partial charge < -0.3 is 9.80 Å². The summed E-state index contributed by atoms with van der Waals surface area (Å²) in [4.78, 5) is 5.07. The van der Waals surface area contributed by atoms with E-state index in [0.29, 0.717) is 0 Å². The molecular weight excluding hydrogens is 797 g/mol. The monoisotopic (exact) mass is 844 g/mol. The van der Waals surface area contributed by atoms with Crippen LogP contribution in [0.15, 0.2) is 230 Å². The number of anilines is 5. The van der Waals surface area contributed by atoms with E-state index < -0.39 is 0 Å². The lowest BCUT2D eigenvalue weighted by Crippen LogP contribution is -2.18. The van der Waals surface area contributed by atoms with Crippen molar-refractivity contribution in [2.75, 3.05) is 9.80 Å². The molecule has 10 aromatic rings. The highest BCUT2D eigenvalue weighted by Crippen LogP contribution is 2.50. The van der Waals surface area contributed by atoms with E-state index in [1.54, 1.807) is 5.57 Å². The van der Waals surface area contributed by atoms with Crippen LogP contribution in [0, 0.1) is 0 Å². The summed E-state index contributed by atoms with van der Waals surface area (Å²) in [7, 11) is 0. The van der Waals surface area contributed by atoms with Crippen molar-refractivity contribution in [3.05, 3.63) is 246 Å². The van der Waals surface area contributed by atoms with Crippen molar-refractivity contribution >= 4 is 60.8 Å². The largest absolute Gasteiger partial charge is 0.310 e. The van der Waals surface area contributed by atoms with Gasteiger partial charge in [0, 0.05) is 34.1 Å². The van der Waals surface area contributed by atoms with Crippen LogP contribution in [0.25, 0.3) is 65.7 Å². The number of para-hydroxylation sites is 3. The molecule has 13 rings (SSSR count). The summed E-state index contributed by atoms with van der Waals surface area (Å²) in [5.41, 5.74) is 20.5. The van der Waals surface area contributed by atoms with Crippen molar-refractivity contribution in [2.45, 2.75) is 38.5 Å². The average Bonchev–Trinajstić information content (AvgIpc) is 3.66. The van der Waals surface area contributed by atoms with Crippen molar-refractivity contribution in [1.29, 1.82) is 0 Å². The van der Waals surface area contributed by atoms with E-state index in [1.165, 1.54) is 111 Å². The first-order valence-electron chi connectivity index (χ1n) is 23.6. The highest BCUT2D eigenvalue weighted by Gasteiger charge is 2.27. The minimum atomic E-state index is 1.00. The van der Waals surface area contributed by atoms with Gasteiger partial charge in [-0.25, -0.2) is 0 Å². The zero-order valence-electron chi connectivity index (χ0n) is 36.9. The molecule has 0 fully saturated rings. The molecule has 0 amide bonds. The van der Waals surface area contributed by atoms with Gasteiger partial charge in [0.2, 0.25) is 0 Å². The van der Waals surface area contributed by atoms with Crippen molar-refractivity contribution in [3.63, 3.8) is 0 Å². The van der Waals surface area contributed by atoms with Gasteiger partial charge in [0.25, 0.3) is 0 Å². The fourth-order valence-electron chi connectivity index (χ4n) is 11.3. The maximum Gasteiger partial charge on any atom is 0.0493 e. The maximum absolute atomic E-state index is 2.56. The van der Waals surface area contributed by atoms with E-state index in [-0.39, 0.29) is 0 Å². The van der Waals surface area contributed by atoms with Crippen LogP contribution in [0.5, 0.6) is 0 Å². The van der Waals surface area contributed by atoms with E-state index in [1.807, 2.05) is 0 Å². The van der Waals surface area contributed by atoms with Gasteiger partial charge >= 0.3 is 0 Å². The third kappa shape index (κ3) is 6.47. The number of fused-ring (bicyclic) bond motifs is 6. The Kier molecular flexibility index (Phi) is 9.30. The van der Waals surface area contributed by atoms with Gasteiger partial charge in [0.05, 0.1) is 0 Å². The molecule has 0 radical (unpaired) electrons. The summed E-state index contributed by atoms with van der Waals surface area (Å²) in [6.07, 6.45) is 11.1. The van der Waals surface area contributed by atoms with Gasteiger partial charge in [-0.3, -0.25) is 0 Å². The molecule has 0 unspecified atom stereocenters. The zero-order valence-corrected chi connectivity index (χ0v) is 36.9. The van der Waals surface area contributed by atoms with E-state index in [2.05, 4.69) is 228 Å². The second-order valence-electron chi connectivity index (χ2n) is 18.2. The van der Waals surface area contributed by atoms with Crippen LogP contribution < -0.4 is 9.80 Å². The molecule has 0 atom stereocenters. The lowest BCUT2D eigenvalue weighted by Gasteiger charge is -2.30. The molecule has 0 N–H and O–H groups in total. The first-order valence-corrected chi connectivity index (χ1v) is 23.6. The topological polar surface area (TPSA) is 6.48 Å². The highest BCUT2D eigenvalue weighted by atomic mass is 15.2. The first kappa shape index (κ1) is 38.5. The predicted octanol–water partition coefficient (Wildman–Crippen LogP) is 17.4. The number of rotatable bonds is 5. The standard InChI is InChI=1S/C64H48N2/c1-2-20-48(21-3-1)63-55-37-35-54(66-61-27-12-8-18-46(61)32-33-47-19-9-13-28-62(47)66)42-58(55)64(52-24-14-23-50(40-52)51-34-29-43-15-4-5-22-49(43)39-51)56-38-36-53(41-57(56)63)65-59-25-10-6-16-44(59)30-31-45-17-7-11-26-60(45)65/h1-6,8-16,18-29,34-42H,7,17,30-33H2. The molecule has 0 aromatic heterocycles. The molecule has 2 heterocycles. The maximum atomic E-state index is 2.56. The Bertz CT molecular complexity index is 3560. The number of allylic oxidation sites excluding steroid dienone is 3. The Hall–Kier alpha value is -7.94. The number of nitrogens with zero attached hydrogens (tertiary/aromatic N) is 2. The summed E-state index contributed by atoms with van der Waals surface area (Å²) in [5, 5.41) is 7.47. The third-order valence-electron chi connectivity index (χ3n) is 14.4. The minimum Gasteiger partial charge on any atom is -0.310 e. The van der Waals surface area contributed by atoms with E-state index in [9.17, 15) is 0 Å². The summed E-state index contributed by atoms with van der Waals surface area (Å²) >= 11 is 0. The van der Waals surface area contributed by atoms with Gasteiger partial charge in [-0.15, -0.1) is 0 Å². The van der Waals surface area contributed by atoms with Crippen LogP contribution >= 0.6 is 0 Å². The van der Waals surface area contributed by atoms with Crippen LogP contribution in [0.1, 0.15) is 36.0 Å². The van der Waals surface area contributed by atoms with E-state index >= 15 is 0 Å². The smallest absolute Gasteiger partial charge is 0.0493 e. The summed E-state index contributed by atoms with van der Waals surface area (Å²) in [6, 6.07) is 77.5. The fourth-order valence-corrected chi connectivity index (χ4v) is 11.3. The third-order valence-corrected chi connectivity index (χ3v) is 14.4. The molecule has 0 saturated carbocycles. The Labute approximate surface area is 387 Å². The van der Waals surface area contributed by atoms with Crippen LogP contribution in [0.2, 0.25) is 0 Å². The molecule has 1 aliphatic carbocycles. The molecule has 66 heavy (non-hydrogen) atoms. The molecule has 2 nitrogen and oxygen atoms in total. The summed E-state index contributed by atoms with van der Waals surface area (Å²) in [5.74, 6) is 0. The van der Waals surface area contributed by atoms with Gasteiger partial charge in [-0.05, 0) is 187 Å². The number of hydrogen-bond donors (Lipinski definition) is 0. The summed E-state index contributed by atoms with van der Waals surface area (Å²) < 4.78 is 0. The molecule has 0 bridgehead atoms. The quantitative estimate of drug-likeness (QED) is 0.159. The van der Waals surface area contributed by atoms with Gasteiger partial charge in [0.1, 0.15) is 0 Å². The Morgan fingerprint density at radius 1 is 0.318 bits per heavy atom. The van der Waals surface area contributed by atoms with E-state index in [4.69, 9.17) is 0 Å². The SMILES string of the molecule is C1=CC2=C(CC1)CCc1ccccc1N2c1ccc2c(-c3cccc(-c4ccc5ccccc5c4)c3)c3cc(N4c5ccccc5CCc5ccccc54)ccc3c(-c3ccccc3)c2c1. The first-order chi connectivity index (χ1) is 32.7. The second-order valence-corrected chi connectivity index (χ2v) is 18.2. The number of benzene rings is 10. The number of aryl methyl sites for hydroxylation is 3. The van der Waals surface area contributed by atoms with Crippen molar-refractivity contribution in [3.8, 4) is 33.4 Å². The van der Waals surface area contributed by atoms with Crippen molar-refractivity contribution in [1.82, 2.24) is 0 Å². The molecule has 0 spiro atoms. The lowest BCUT2D eigenvalue weighted by atomic mass is 9.84. The normalized spacial score (nSPS) is 14.4. The Morgan fingerprint density at radius 2 is 0.848 bits per heavy atom. The van der Waals surface area contributed by atoms with Crippen molar-refractivity contribution in [2.24, 2.45) is 0 Å². The molecule has 2 aliphatic heterocycles. The lowest BCUT2D eigenvalue weighted by molar-refractivity contribution is 0.833.